The van der Waals surface area contributed by atoms with Crippen molar-refractivity contribution in [2.75, 3.05) is 6.54 Å². The summed E-state index contributed by atoms with van der Waals surface area (Å²) in [6, 6.07) is 12.6. The number of hydrogen-bond acceptors (Lipinski definition) is 4. The molecule has 0 radical (unpaired) electrons. The van der Waals surface area contributed by atoms with E-state index >= 15 is 0 Å². The number of hydrogen-bond donors (Lipinski definition) is 1. The molecule has 0 saturated heterocycles. The van der Waals surface area contributed by atoms with E-state index in [-0.39, 0.29) is 18.0 Å². The summed E-state index contributed by atoms with van der Waals surface area (Å²) in [5.74, 6) is -0.120. The topological polar surface area (TPSA) is 83.4 Å². The molecule has 0 atom stereocenters. The highest BCUT2D eigenvalue weighted by atomic mass is 35.5. The highest BCUT2D eigenvalue weighted by molar-refractivity contribution is 6.33. The molecule has 0 saturated carbocycles. The van der Waals surface area contributed by atoms with E-state index in [1.165, 1.54) is 4.52 Å². The van der Waals surface area contributed by atoms with Crippen LogP contribution in [0.4, 0.5) is 0 Å². The van der Waals surface area contributed by atoms with Crippen LogP contribution in [-0.2, 0) is 13.0 Å². The third-order valence-corrected chi connectivity index (χ3v) is 5.47. The van der Waals surface area contributed by atoms with Gasteiger partial charge >= 0.3 is 0 Å². The number of nitrogens with zero attached hydrogens (tertiary/aromatic N) is 4. The van der Waals surface area contributed by atoms with Crippen molar-refractivity contribution in [1.29, 1.82) is 0 Å². The van der Waals surface area contributed by atoms with Gasteiger partial charge in [0.25, 0.3) is 11.5 Å². The Hall–Kier alpha value is -3.45. The molecule has 7 nitrogen and oxygen atoms in total. The third kappa shape index (κ3) is 3.00. The van der Waals surface area contributed by atoms with E-state index in [1.54, 1.807) is 35.5 Å². The second-order valence-electron chi connectivity index (χ2n) is 6.90. The van der Waals surface area contributed by atoms with E-state index in [0.717, 1.165) is 11.3 Å². The molecule has 29 heavy (non-hydrogen) atoms. The Bertz CT molecular complexity index is 1300. The summed E-state index contributed by atoms with van der Waals surface area (Å²) in [7, 11) is 0. The van der Waals surface area contributed by atoms with Crippen molar-refractivity contribution in [3.63, 3.8) is 0 Å². The standard InChI is InChI=1S/C21H16ClN5O2/c22-16-4-2-1-3-14(16)18-11-19-24-17-7-10-26(12-15(17)21(29)27(19)25-18)20(28)13-5-8-23-9-6-13/h1-6,8-9,11,25H,7,10,12H2. The normalized spacial score (nSPS) is 13.5. The van der Waals surface area contributed by atoms with Crippen LogP contribution in [0.1, 0.15) is 21.6 Å². The molecule has 1 N–H and O–H groups in total. The summed E-state index contributed by atoms with van der Waals surface area (Å²) in [6.45, 7) is 0.740. The van der Waals surface area contributed by atoms with E-state index in [2.05, 4.69) is 15.1 Å². The lowest BCUT2D eigenvalue weighted by Crippen LogP contribution is -2.40. The van der Waals surface area contributed by atoms with E-state index in [9.17, 15) is 9.59 Å². The van der Waals surface area contributed by atoms with Crippen molar-refractivity contribution < 1.29 is 4.79 Å². The maximum absolute atomic E-state index is 13.1. The summed E-state index contributed by atoms with van der Waals surface area (Å²) in [5, 5.41) is 3.68. The number of rotatable bonds is 2. The number of carbonyl (C=O) groups is 1. The SMILES string of the molecule is O=C(c1ccncc1)N1CCc2nc3cc(-c4ccccc4Cl)[nH]n3c(=O)c2C1. The zero-order chi connectivity index (χ0) is 20.0. The zero-order valence-electron chi connectivity index (χ0n) is 15.3. The van der Waals surface area contributed by atoms with Crippen LogP contribution in [0.15, 0.2) is 59.7 Å². The summed E-state index contributed by atoms with van der Waals surface area (Å²) in [4.78, 5) is 36.1. The molecule has 0 bridgehead atoms. The highest BCUT2D eigenvalue weighted by Gasteiger charge is 2.26. The van der Waals surface area contributed by atoms with Crippen LogP contribution >= 0.6 is 11.6 Å². The lowest BCUT2D eigenvalue weighted by atomic mass is 10.1. The third-order valence-electron chi connectivity index (χ3n) is 5.14. The van der Waals surface area contributed by atoms with E-state index in [0.29, 0.717) is 40.5 Å². The van der Waals surface area contributed by atoms with Crippen LogP contribution in [0.2, 0.25) is 5.02 Å². The molecular weight excluding hydrogens is 390 g/mol. The monoisotopic (exact) mass is 405 g/mol. The van der Waals surface area contributed by atoms with Gasteiger partial charge in [-0.1, -0.05) is 29.8 Å². The summed E-state index contributed by atoms with van der Waals surface area (Å²) in [5.41, 5.74) is 3.67. The lowest BCUT2D eigenvalue weighted by Gasteiger charge is -2.27. The summed E-state index contributed by atoms with van der Waals surface area (Å²) >= 11 is 6.29. The molecular formula is C21H16ClN5O2. The van der Waals surface area contributed by atoms with Gasteiger partial charge in [-0.15, -0.1) is 0 Å². The Kier molecular flexibility index (Phi) is 4.17. The highest BCUT2D eigenvalue weighted by Crippen LogP contribution is 2.27. The van der Waals surface area contributed by atoms with Crippen LogP contribution in [-0.4, -0.2) is 36.9 Å². The van der Waals surface area contributed by atoms with Gasteiger partial charge in [0.2, 0.25) is 0 Å². The maximum atomic E-state index is 13.1. The van der Waals surface area contributed by atoms with Gasteiger partial charge in [0, 0.05) is 47.6 Å². The number of aromatic amines is 1. The van der Waals surface area contributed by atoms with E-state index in [1.807, 2.05) is 24.3 Å². The molecule has 5 rings (SSSR count). The van der Waals surface area contributed by atoms with Gasteiger partial charge in [-0.05, 0) is 18.2 Å². The van der Waals surface area contributed by atoms with Crippen molar-refractivity contribution in [3.8, 4) is 11.3 Å². The first kappa shape index (κ1) is 17.6. The molecule has 0 aliphatic carbocycles. The predicted octanol–water partition coefficient (Wildman–Crippen LogP) is 2.94. The van der Waals surface area contributed by atoms with Crippen LogP contribution in [0.5, 0.6) is 0 Å². The fraction of sp³-hybridized carbons (Fsp3) is 0.143. The van der Waals surface area contributed by atoms with Gasteiger partial charge in [0.05, 0.1) is 23.5 Å². The molecule has 0 spiro atoms. The number of amides is 1. The van der Waals surface area contributed by atoms with Crippen LogP contribution in [0.3, 0.4) is 0 Å². The number of benzene rings is 1. The Morgan fingerprint density at radius 3 is 2.72 bits per heavy atom. The number of pyridine rings is 1. The van der Waals surface area contributed by atoms with Crippen molar-refractivity contribution in [1.82, 2.24) is 24.5 Å². The lowest BCUT2D eigenvalue weighted by molar-refractivity contribution is 0.0732. The smallest absolute Gasteiger partial charge is 0.277 e. The number of fused-ring (bicyclic) bond motifs is 2. The van der Waals surface area contributed by atoms with Gasteiger partial charge in [-0.25, -0.2) is 9.50 Å². The summed E-state index contributed by atoms with van der Waals surface area (Å²) in [6.07, 6.45) is 3.70. The Balaban J connectivity index is 1.54. The number of halogens is 1. The number of aromatic nitrogens is 4. The van der Waals surface area contributed by atoms with Crippen molar-refractivity contribution in [2.24, 2.45) is 0 Å². The number of H-pyrrole nitrogens is 1. The van der Waals surface area contributed by atoms with Crippen molar-refractivity contribution in [2.45, 2.75) is 13.0 Å². The average molecular weight is 406 g/mol. The molecule has 144 valence electrons. The quantitative estimate of drug-likeness (QED) is 0.555. The first-order valence-corrected chi connectivity index (χ1v) is 9.57. The average Bonchev–Trinajstić information content (AvgIpc) is 3.18. The Morgan fingerprint density at radius 2 is 1.93 bits per heavy atom. The minimum atomic E-state index is -0.199. The molecule has 4 aromatic rings. The zero-order valence-corrected chi connectivity index (χ0v) is 16.1. The van der Waals surface area contributed by atoms with Crippen LogP contribution in [0, 0.1) is 0 Å². The second kappa shape index (κ2) is 6.86. The molecule has 8 heteroatoms. The molecule has 1 aromatic carbocycles. The molecule has 0 fully saturated rings. The Morgan fingerprint density at radius 1 is 1.14 bits per heavy atom. The molecule has 1 aliphatic heterocycles. The minimum absolute atomic E-state index is 0.120. The Labute approximate surface area is 170 Å². The van der Waals surface area contributed by atoms with Gasteiger partial charge < -0.3 is 4.90 Å². The molecule has 1 aliphatic rings. The molecule has 3 aromatic heterocycles. The van der Waals surface area contributed by atoms with Gasteiger partial charge in [-0.3, -0.25) is 19.7 Å². The first-order chi connectivity index (χ1) is 14.1. The molecule has 1 amide bonds. The summed E-state index contributed by atoms with van der Waals surface area (Å²) < 4.78 is 1.41. The first-order valence-electron chi connectivity index (χ1n) is 9.19. The van der Waals surface area contributed by atoms with Gasteiger partial charge in [0.15, 0.2) is 5.65 Å². The van der Waals surface area contributed by atoms with Gasteiger partial charge in [-0.2, -0.15) is 0 Å². The van der Waals surface area contributed by atoms with Crippen molar-refractivity contribution in [3.05, 3.63) is 87.1 Å². The van der Waals surface area contributed by atoms with E-state index < -0.39 is 0 Å². The fourth-order valence-electron chi connectivity index (χ4n) is 3.65. The maximum Gasteiger partial charge on any atom is 0.277 e. The second-order valence-corrected chi connectivity index (χ2v) is 7.31. The van der Waals surface area contributed by atoms with Crippen molar-refractivity contribution >= 4 is 23.2 Å². The molecule has 4 heterocycles. The minimum Gasteiger partial charge on any atom is -0.334 e. The van der Waals surface area contributed by atoms with Crippen LogP contribution < -0.4 is 5.56 Å². The number of nitrogens with one attached hydrogen (secondary N) is 1. The fourth-order valence-corrected chi connectivity index (χ4v) is 3.89. The number of carbonyl (C=O) groups excluding carboxylic acids is 1. The van der Waals surface area contributed by atoms with Crippen LogP contribution in [0.25, 0.3) is 16.9 Å². The largest absolute Gasteiger partial charge is 0.334 e. The predicted molar refractivity (Wildman–Crippen MR) is 109 cm³/mol. The van der Waals surface area contributed by atoms with E-state index in [4.69, 9.17) is 11.6 Å². The molecule has 0 unspecified atom stereocenters. The van der Waals surface area contributed by atoms with Gasteiger partial charge in [0.1, 0.15) is 0 Å².